The molecule has 1 nitrogen and oxygen atoms in total. The Hall–Kier alpha value is -4.62. The summed E-state index contributed by atoms with van der Waals surface area (Å²) in [6.45, 7) is 2.19. The molecule has 0 atom stereocenters. The Labute approximate surface area is 210 Å². The van der Waals surface area contributed by atoms with Crippen LogP contribution in [0.2, 0.25) is 0 Å². The summed E-state index contributed by atoms with van der Waals surface area (Å²) in [5, 5.41) is 5.06. The van der Waals surface area contributed by atoms with Gasteiger partial charge in [0.1, 0.15) is 0 Å². The van der Waals surface area contributed by atoms with E-state index in [1.54, 1.807) is 0 Å². The van der Waals surface area contributed by atoms with Gasteiger partial charge in [-0.05, 0) is 58.3 Å². The highest BCUT2D eigenvalue weighted by atomic mass is 15.0. The van der Waals surface area contributed by atoms with E-state index in [1.807, 2.05) is 0 Å². The van der Waals surface area contributed by atoms with E-state index in [0.29, 0.717) is 0 Å². The van der Waals surface area contributed by atoms with Gasteiger partial charge in [-0.3, -0.25) is 0 Å². The second-order valence-electron chi connectivity index (χ2n) is 9.44. The number of rotatable bonds is 3. The van der Waals surface area contributed by atoms with Crippen molar-refractivity contribution in [2.24, 2.45) is 0 Å². The molecular weight excluding hydrogens is 434 g/mol. The number of hydrogen-bond acceptors (Lipinski definition) is 0. The molecule has 0 bridgehead atoms. The zero-order valence-electron chi connectivity index (χ0n) is 20.1. The third kappa shape index (κ3) is 3.17. The van der Waals surface area contributed by atoms with Crippen molar-refractivity contribution in [3.05, 3.63) is 139 Å². The highest BCUT2D eigenvalue weighted by Gasteiger charge is 2.16. The van der Waals surface area contributed by atoms with E-state index in [2.05, 4.69) is 145 Å². The largest absolute Gasteiger partial charge is 0.309 e. The molecule has 1 heterocycles. The number of nitrogens with zero attached hydrogens (tertiary/aromatic N) is 1. The second-order valence-corrected chi connectivity index (χ2v) is 9.44. The summed E-state index contributed by atoms with van der Waals surface area (Å²) in [5.41, 5.74) is 9.98. The Balaban J connectivity index is 1.55. The van der Waals surface area contributed by atoms with Crippen molar-refractivity contribution in [1.29, 1.82) is 0 Å². The molecule has 0 aliphatic carbocycles. The molecule has 1 aromatic heterocycles. The molecule has 0 N–H and O–H groups in total. The van der Waals surface area contributed by atoms with E-state index in [1.165, 1.54) is 66.1 Å². The average Bonchev–Trinajstić information content (AvgIpc) is 3.26. The molecule has 0 aliphatic rings. The fraction of sp³-hybridized carbons (Fsp3) is 0.0286. The lowest BCUT2D eigenvalue weighted by molar-refractivity contribution is 1.20. The molecule has 6 aromatic carbocycles. The van der Waals surface area contributed by atoms with Crippen LogP contribution in [0, 0.1) is 6.92 Å². The van der Waals surface area contributed by atoms with Gasteiger partial charge in [0, 0.05) is 16.2 Å². The minimum absolute atomic E-state index is 1.21. The van der Waals surface area contributed by atoms with Crippen LogP contribution < -0.4 is 0 Å². The van der Waals surface area contributed by atoms with Gasteiger partial charge in [-0.15, -0.1) is 0 Å². The lowest BCUT2D eigenvalue weighted by atomic mass is 9.92. The number of aromatic nitrogens is 1. The number of hydrogen-bond donors (Lipinski definition) is 0. The van der Waals surface area contributed by atoms with Gasteiger partial charge >= 0.3 is 0 Å². The first-order valence-electron chi connectivity index (χ1n) is 12.5. The molecule has 0 fully saturated rings. The Bertz CT molecular complexity index is 1900. The molecule has 0 aliphatic heterocycles. The maximum Gasteiger partial charge on any atom is 0.0547 e. The van der Waals surface area contributed by atoms with Crippen molar-refractivity contribution in [3.63, 3.8) is 0 Å². The molecule has 0 spiro atoms. The molecule has 0 amide bonds. The quantitative estimate of drug-likeness (QED) is 0.248. The number of aryl methyl sites for hydroxylation is 1. The summed E-state index contributed by atoms with van der Waals surface area (Å²) in [7, 11) is 0. The van der Waals surface area contributed by atoms with Gasteiger partial charge in [-0.25, -0.2) is 0 Å². The topological polar surface area (TPSA) is 4.93 Å². The number of benzene rings is 6. The number of para-hydroxylation sites is 1. The fourth-order valence-corrected chi connectivity index (χ4v) is 5.65. The molecule has 0 unspecified atom stereocenters. The summed E-state index contributed by atoms with van der Waals surface area (Å²) >= 11 is 0. The highest BCUT2D eigenvalue weighted by molar-refractivity contribution is 6.11. The Morgan fingerprint density at radius 2 is 1.08 bits per heavy atom. The normalized spacial score (nSPS) is 11.5. The monoisotopic (exact) mass is 459 g/mol. The molecule has 170 valence electrons. The predicted molar refractivity (Wildman–Crippen MR) is 154 cm³/mol. The first kappa shape index (κ1) is 20.7. The van der Waals surface area contributed by atoms with E-state index >= 15 is 0 Å². The van der Waals surface area contributed by atoms with Gasteiger partial charge in [-0.2, -0.15) is 0 Å². The van der Waals surface area contributed by atoms with E-state index < -0.39 is 0 Å². The van der Waals surface area contributed by atoms with Crippen molar-refractivity contribution in [3.8, 4) is 27.9 Å². The summed E-state index contributed by atoms with van der Waals surface area (Å²) in [6, 6.07) is 48.3. The van der Waals surface area contributed by atoms with E-state index in [4.69, 9.17) is 0 Å². The van der Waals surface area contributed by atoms with Crippen LogP contribution >= 0.6 is 0 Å². The first-order valence-corrected chi connectivity index (χ1v) is 12.5. The first-order chi connectivity index (χ1) is 17.8. The van der Waals surface area contributed by atoms with Gasteiger partial charge < -0.3 is 4.57 Å². The smallest absolute Gasteiger partial charge is 0.0547 e. The molecule has 7 rings (SSSR count). The van der Waals surface area contributed by atoms with Crippen LogP contribution in [-0.2, 0) is 0 Å². The van der Waals surface area contributed by atoms with Crippen LogP contribution in [0.1, 0.15) is 5.56 Å². The standard InChI is InChI=1S/C35H25N/c1-24-11-2-4-14-27(24)30-17-7-6-15-28(30)26-21-22-32-31-18-8-9-19-34(31)36(35(32)23-26)33-20-10-13-25-12-3-5-16-29(25)33/h2-23H,1H3. The maximum absolute atomic E-state index is 2.44. The van der Waals surface area contributed by atoms with Crippen molar-refractivity contribution in [2.45, 2.75) is 6.92 Å². The molecule has 7 aromatic rings. The van der Waals surface area contributed by atoms with Gasteiger partial charge in [-0.1, -0.05) is 115 Å². The Morgan fingerprint density at radius 1 is 0.444 bits per heavy atom. The molecule has 0 radical (unpaired) electrons. The van der Waals surface area contributed by atoms with Crippen LogP contribution in [0.3, 0.4) is 0 Å². The SMILES string of the molecule is Cc1ccccc1-c1ccccc1-c1ccc2c3ccccc3n(-c3cccc4ccccc34)c2c1. The molecule has 36 heavy (non-hydrogen) atoms. The van der Waals surface area contributed by atoms with Crippen LogP contribution in [0.5, 0.6) is 0 Å². The van der Waals surface area contributed by atoms with Gasteiger partial charge in [0.25, 0.3) is 0 Å². The Morgan fingerprint density at radius 3 is 1.94 bits per heavy atom. The lowest BCUT2D eigenvalue weighted by Gasteiger charge is -2.14. The maximum atomic E-state index is 2.44. The third-order valence-electron chi connectivity index (χ3n) is 7.35. The van der Waals surface area contributed by atoms with Gasteiger partial charge in [0.15, 0.2) is 0 Å². The zero-order valence-corrected chi connectivity index (χ0v) is 20.1. The second kappa shape index (κ2) is 8.25. The lowest BCUT2D eigenvalue weighted by Crippen LogP contribution is -1.95. The van der Waals surface area contributed by atoms with E-state index in [0.717, 1.165) is 0 Å². The van der Waals surface area contributed by atoms with Crippen LogP contribution in [0.15, 0.2) is 133 Å². The van der Waals surface area contributed by atoms with Crippen molar-refractivity contribution in [1.82, 2.24) is 4.57 Å². The summed E-state index contributed by atoms with van der Waals surface area (Å²) < 4.78 is 2.44. The van der Waals surface area contributed by atoms with Crippen LogP contribution in [0.4, 0.5) is 0 Å². The zero-order chi connectivity index (χ0) is 24.1. The minimum Gasteiger partial charge on any atom is -0.309 e. The predicted octanol–water partition coefficient (Wildman–Crippen LogP) is 9.58. The summed E-state index contributed by atoms with van der Waals surface area (Å²) in [5.74, 6) is 0. The average molecular weight is 460 g/mol. The van der Waals surface area contributed by atoms with Crippen molar-refractivity contribution < 1.29 is 0 Å². The summed E-state index contributed by atoms with van der Waals surface area (Å²) in [6.07, 6.45) is 0. The fourth-order valence-electron chi connectivity index (χ4n) is 5.65. The molecule has 1 heteroatoms. The summed E-state index contributed by atoms with van der Waals surface area (Å²) in [4.78, 5) is 0. The third-order valence-corrected chi connectivity index (χ3v) is 7.35. The van der Waals surface area contributed by atoms with Crippen LogP contribution in [-0.4, -0.2) is 4.57 Å². The van der Waals surface area contributed by atoms with Gasteiger partial charge in [0.05, 0.1) is 16.7 Å². The van der Waals surface area contributed by atoms with Crippen LogP contribution in [0.25, 0.3) is 60.5 Å². The van der Waals surface area contributed by atoms with Crippen molar-refractivity contribution in [2.75, 3.05) is 0 Å². The van der Waals surface area contributed by atoms with E-state index in [-0.39, 0.29) is 0 Å². The Kier molecular flexibility index (Phi) is 4.75. The molecular formula is C35H25N. The molecule has 0 saturated heterocycles. The highest BCUT2D eigenvalue weighted by Crippen LogP contribution is 2.39. The minimum atomic E-state index is 1.21. The van der Waals surface area contributed by atoms with Gasteiger partial charge in [0.2, 0.25) is 0 Å². The van der Waals surface area contributed by atoms with Crippen molar-refractivity contribution >= 4 is 32.6 Å². The van der Waals surface area contributed by atoms with E-state index in [9.17, 15) is 0 Å². The number of fused-ring (bicyclic) bond motifs is 4. The molecule has 0 saturated carbocycles.